The van der Waals surface area contributed by atoms with Gasteiger partial charge in [-0.2, -0.15) is 5.10 Å². The Morgan fingerprint density at radius 1 is 1.20 bits per heavy atom. The van der Waals surface area contributed by atoms with Crippen molar-refractivity contribution < 1.29 is 5.11 Å². The van der Waals surface area contributed by atoms with Gasteiger partial charge >= 0.3 is 0 Å². The van der Waals surface area contributed by atoms with Gasteiger partial charge in [-0.3, -0.25) is 10.1 Å². The van der Waals surface area contributed by atoms with Crippen molar-refractivity contribution in [1.29, 1.82) is 0 Å². The minimum absolute atomic E-state index is 0.672. The van der Waals surface area contributed by atoms with Crippen molar-refractivity contribution in [2.24, 2.45) is 0 Å². The second-order valence-corrected chi connectivity index (χ2v) is 6.83. The molecule has 0 aliphatic rings. The molecule has 2 N–H and O–H groups in total. The first-order valence-electron chi connectivity index (χ1n) is 7.83. The number of benzene rings is 1. The molecule has 5 nitrogen and oxygen atoms in total. The topological polar surface area (TPSA) is 74.7 Å². The van der Waals surface area contributed by atoms with Crippen molar-refractivity contribution in [2.75, 3.05) is 0 Å². The van der Waals surface area contributed by atoms with Crippen LogP contribution in [-0.2, 0) is 5.60 Å². The van der Waals surface area contributed by atoms with Gasteiger partial charge in [0.1, 0.15) is 10.6 Å². The van der Waals surface area contributed by atoms with Gasteiger partial charge in [-0.05, 0) is 42.3 Å². The molecule has 0 fully saturated rings. The van der Waals surface area contributed by atoms with Gasteiger partial charge in [-0.1, -0.05) is 12.1 Å². The zero-order chi connectivity index (χ0) is 17.3. The van der Waals surface area contributed by atoms with Crippen molar-refractivity contribution in [2.45, 2.75) is 12.5 Å². The summed E-state index contributed by atoms with van der Waals surface area (Å²) in [5, 5.41) is 21.0. The number of aliphatic hydroxyl groups is 1. The Labute approximate surface area is 148 Å². The summed E-state index contributed by atoms with van der Waals surface area (Å²) in [5.74, 6) is 0. The normalized spacial score (nSPS) is 14.2. The Morgan fingerprint density at radius 2 is 2.12 bits per heavy atom. The number of aromatic nitrogens is 4. The predicted octanol–water partition coefficient (Wildman–Crippen LogP) is 4.00. The van der Waals surface area contributed by atoms with Crippen molar-refractivity contribution in [3.63, 3.8) is 0 Å². The highest BCUT2D eigenvalue weighted by Gasteiger charge is 2.22. The number of hydrogen-bond acceptors (Lipinski definition) is 5. The van der Waals surface area contributed by atoms with E-state index < -0.39 is 5.60 Å². The van der Waals surface area contributed by atoms with Crippen LogP contribution in [0.25, 0.3) is 28.1 Å². The molecular formula is C19H16N4OS. The van der Waals surface area contributed by atoms with E-state index in [9.17, 15) is 5.11 Å². The number of nitrogens with one attached hydrogen (secondary N) is 1. The van der Waals surface area contributed by atoms with E-state index in [1.807, 2.05) is 35.9 Å². The van der Waals surface area contributed by atoms with Crippen molar-refractivity contribution in [3.05, 3.63) is 71.1 Å². The standard InChI is InChI=1S/C19H16N4OS/c1-19(24,18-21-8-9-25-18)6-4-13-2-3-17-16(10-13)15(5-7-20-17)14-11-22-23-12-14/h2-12,24H,1H3,(H,22,23)/b6-4+. The van der Waals surface area contributed by atoms with Crippen LogP contribution < -0.4 is 0 Å². The maximum Gasteiger partial charge on any atom is 0.132 e. The summed E-state index contributed by atoms with van der Waals surface area (Å²) < 4.78 is 0. The average Bonchev–Trinajstić information content (AvgIpc) is 3.33. The van der Waals surface area contributed by atoms with Gasteiger partial charge in [0.25, 0.3) is 0 Å². The maximum absolute atomic E-state index is 10.6. The fourth-order valence-corrected chi connectivity index (χ4v) is 3.40. The lowest BCUT2D eigenvalue weighted by Crippen LogP contribution is -2.16. The van der Waals surface area contributed by atoms with Crippen LogP contribution in [0.4, 0.5) is 0 Å². The van der Waals surface area contributed by atoms with Gasteiger partial charge < -0.3 is 5.11 Å². The number of fused-ring (bicyclic) bond motifs is 1. The number of nitrogens with zero attached hydrogens (tertiary/aromatic N) is 3. The summed E-state index contributed by atoms with van der Waals surface area (Å²) in [7, 11) is 0. The molecule has 0 saturated carbocycles. The molecule has 25 heavy (non-hydrogen) atoms. The van der Waals surface area contributed by atoms with Crippen molar-refractivity contribution >= 4 is 28.3 Å². The van der Waals surface area contributed by atoms with Crippen LogP contribution in [0.5, 0.6) is 0 Å². The second-order valence-electron chi connectivity index (χ2n) is 5.94. The third kappa shape index (κ3) is 3.09. The maximum atomic E-state index is 10.6. The van der Waals surface area contributed by atoms with Gasteiger partial charge in [0.15, 0.2) is 0 Å². The molecule has 0 bridgehead atoms. The summed E-state index contributed by atoms with van der Waals surface area (Å²) in [4.78, 5) is 8.62. The van der Waals surface area contributed by atoms with Crippen molar-refractivity contribution in [3.8, 4) is 11.1 Å². The Bertz CT molecular complexity index is 1020. The number of rotatable bonds is 4. The second kappa shape index (κ2) is 6.23. The van der Waals surface area contributed by atoms with E-state index in [1.54, 1.807) is 31.6 Å². The summed E-state index contributed by atoms with van der Waals surface area (Å²) in [6.45, 7) is 1.74. The summed E-state index contributed by atoms with van der Waals surface area (Å²) in [6.07, 6.45) is 10.8. The average molecular weight is 348 g/mol. The molecule has 1 atom stereocenters. The number of H-pyrrole nitrogens is 1. The van der Waals surface area contributed by atoms with Crippen LogP contribution in [0.1, 0.15) is 17.5 Å². The Hall–Kier alpha value is -2.83. The van der Waals surface area contributed by atoms with Gasteiger partial charge in [0.05, 0.1) is 11.7 Å². The molecule has 4 aromatic rings. The van der Waals surface area contributed by atoms with Crippen LogP contribution in [0, 0.1) is 0 Å². The van der Waals surface area contributed by atoms with Crippen LogP contribution in [0.2, 0.25) is 0 Å². The van der Waals surface area contributed by atoms with E-state index in [0.717, 1.165) is 27.6 Å². The molecule has 0 spiro atoms. The third-order valence-electron chi connectivity index (χ3n) is 4.04. The molecule has 0 aliphatic carbocycles. The van der Waals surface area contributed by atoms with Crippen LogP contribution in [-0.4, -0.2) is 25.3 Å². The first-order chi connectivity index (χ1) is 12.1. The summed E-state index contributed by atoms with van der Waals surface area (Å²) in [5.41, 5.74) is 2.90. The molecule has 3 heterocycles. The molecule has 1 unspecified atom stereocenters. The first kappa shape index (κ1) is 15.7. The zero-order valence-corrected chi connectivity index (χ0v) is 14.4. The van der Waals surface area contributed by atoms with E-state index in [0.29, 0.717) is 5.01 Å². The number of aromatic amines is 1. The quantitative estimate of drug-likeness (QED) is 0.584. The molecule has 0 amide bonds. The number of hydrogen-bond donors (Lipinski definition) is 2. The molecule has 4 rings (SSSR count). The van der Waals surface area contributed by atoms with Crippen molar-refractivity contribution in [1.82, 2.24) is 20.2 Å². The van der Waals surface area contributed by atoms with Gasteiger partial charge in [-0.25, -0.2) is 4.98 Å². The van der Waals surface area contributed by atoms with E-state index in [2.05, 4.69) is 26.2 Å². The highest BCUT2D eigenvalue weighted by Crippen LogP contribution is 2.29. The smallest absolute Gasteiger partial charge is 0.132 e. The van der Waals surface area contributed by atoms with E-state index in [4.69, 9.17) is 0 Å². The molecule has 124 valence electrons. The molecule has 0 aliphatic heterocycles. The van der Waals surface area contributed by atoms with Crippen LogP contribution >= 0.6 is 11.3 Å². The summed E-state index contributed by atoms with van der Waals surface area (Å²) in [6, 6.07) is 8.02. The fraction of sp³-hybridized carbons (Fsp3) is 0.105. The summed E-state index contributed by atoms with van der Waals surface area (Å²) >= 11 is 1.44. The monoisotopic (exact) mass is 348 g/mol. The first-order valence-corrected chi connectivity index (χ1v) is 8.71. The molecule has 3 aromatic heterocycles. The predicted molar refractivity (Wildman–Crippen MR) is 100 cm³/mol. The van der Waals surface area contributed by atoms with E-state index in [1.165, 1.54) is 11.3 Å². The Morgan fingerprint density at radius 3 is 2.88 bits per heavy atom. The minimum atomic E-state index is -1.09. The Balaban J connectivity index is 1.74. The highest BCUT2D eigenvalue weighted by molar-refractivity contribution is 7.09. The van der Waals surface area contributed by atoms with E-state index in [-0.39, 0.29) is 0 Å². The lowest BCUT2D eigenvalue weighted by molar-refractivity contribution is 0.112. The number of thiazole rings is 1. The molecule has 0 saturated heterocycles. The van der Waals surface area contributed by atoms with Crippen LogP contribution in [0.3, 0.4) is 0 Å². The largest absolute Gasteiger partial charge is 0.379 e. The molecule has 6 heteroatoms. The number of pyridine rings is 1. The lowest BCUT2D eigenvalue weighted by atomic mass is 10.0. The van der Waals surface area contributed by atoms with Gasteiger partial charge in [0.2, 0.25) is 0 Å². The molecule has 0 radical (unpaired) electrons. The fourth-order valence-electron chi connectivity index (χ4n) is 2.72. The lowest BCUT2D eigenvalue weighted by Gasteiger charge is -2.15. The van der Waals surface area contributed by atoms with Gasteiger partial charge in [-0.15, -0.1) is 11.3 Å². The molecule has 1 aromatic carbocycles. The SMILES string of the molecule is CC(O)(/C=C/c1ccc2nccc(-c3cn[nH]c3)c2c1)c1nccs1. The zero-order valence-electron chi connectivity index (χ0n) is 13.5. The van der Waals surface area contributed by atoms with Crippen LogP contribution in [0.15, 0.2) is 60.5 Å². The van der Waals surface area contributed by atoms with Gasteiger partial charge in [0, 0.05) is 34.9 Å². The highest BCUT2D eigenvalue weighted by atomic mass is 32.1. The Kier molecular flexibility index (Phi) is 3.91. The molecular weight excluding hydrogens is 332 g/mol. The third-order valence-corrected chi connectivity index (χ3v) is 5.04. The van der Waals surface area contributed by atoms with E-state index >= 15 is 0 Å². The minimum Gasteiger partial charge on any atom is -0.379 e.